The molecule has 22 heavy (non-hydrogen) atoms. The van der Waals surface area contributed by atoms with E-state index in [9.17, 15) is 0 Å². The van der Waals surface area contributed by atoms with Crippen LogP contribution in [0.5, 0.6) is 5.75 Å². The summed E-state index contributed by atoms with van der Waals surface area (Å²) in [6.45, 7) is 0.662. The maximum Gasteiger partial charge on any atom is 0.203 e. The van der Waals surface area contributed by atoms with Crippen molar-refractivity contribution < 1.29 is 4.74 Å². The first-order valence-corrected chi connectivity index (χ1v) is 7.41. The normalized spacial score (nSPS) is 14.2. The minimum Gasteiger partial charge on any atom is -0.497 e. The first-order valence-electron chi connectivity index (χ1n) is 7.41. The smallest absolute Gasteiger partial charge is 0.203 e. The molecule has 2 aromatic heterocycles. The molecule has 1 aromatic carbocycles. The van der Waals surface area contributed by atoms with Gasteiger partial charge in [0.05, 0.1) is 7.11 Å². The summed E-state index contributed by atoms with van der Waals surface area (Å²) in [6, 6.07) is 7.97. The number of rotatable bonds is 5. The Morgan fingerprint density at radius 3 is 3.05 bits per heavy atom. The average Bonchev–Trinajstić information content (AvgIpc) is 3.32. The molecule has 1 saturated carbocycles. The third-order valence-corrected chi connectivity index (χ3v) is 3.89. The maximum absolute atomic E-state index is 5.24. The predicted molar refractivity (Wildman–Crippen MR) is 83.1 cm³/mol. The van der Waals surface area contributed by atoms with Gasteiger partial charge in [0.25, 0.3) is 0 Å². The first kappa shape index (κ1) is 13.1. The van der Waals surface area contributed by atoms with Gasteiger partial charge in [-0.15, -0.1) is 10.2 Å². The molecule has 0 unspecified atom stereocenters. The summed E-state index contributed by atoms with van der Waals surface area (Å²) in [5.41, 5.74) is 1.91. The molecule has 6 heteroatoms. The van der Waals surface area contributed by atoms with Crippen molar-refractivity contribution in [1.82, 2.24) is 19.6 Å². The fourth-order valence-electron chi connectivity index (χ4n) is 2.56. The third-order valence-electron chi connectivity index (χ3n) is 3.89. The zero-order valence-corrected chi connectivity index (χ0v) is 12.4. The van der Waals surface area contributed by atoms with E-state index in [2.05, 4.69) is 26.6 Å². The van der Waals surface area contributed by atoms with Crippen LogP contribution in [0.25, 0.3) is 5.65 Å². The van der Waals surface area contributed by atoms with Crippen molar-refractivity contribution >= 4 is 11.5 Å². The summed E-state index contributed by atoms with van der Waals surface area (Å²) < 4.78 is 7.28. The lowest BCUT2D eigenvalue weighted by molar-refractivity contribution is 0.414. The van der Waals surface area contributed by atoms with E-state index in [4.69, 9.17) is 4.74 Å². The first-order chi connectivity index (χ1) is 10.8. The highest BCUT2D eigenvalue weighted by molar-refractivity contribution is 5.62. The molecule has 1 aliphatic carbocycles. The molecular formula is C16H17N5O. The lowest BCUT2D eigenvalue weighted by Gasteiger charge is -2.08. The Bertz CT molecular complexity index is 809. The molecular weight excluding hydrogens is 278 g/mol. The van der Waals surface area contributed by atoms with Gasteiger partial charge in [-0.05, 0) is 30.5 Å². The van der Waals surface area contributed by atoms with Gasteiger partial charge in [0, 0.05) is 24.9 Å². The second-order valence-electron chi connectivity index (χ2n) is 5.51. The number of hydrogen-bond acceptors (Lipinski definition) is 5. The number of benzene rings is 1. The SMILES string of the molecule is COc1cccc(CNc2nccn3c(C4CC4)nnc23)c1. The number of anilines is 1. The molecule has 1 N–H and O–H groups in total. The number of methoxy groups -OCH3 is 1. The number of aromatic nitrogens is 4. The van der Waals surface area contributed by atoms with Crippen molar-refractivity contribution in [2.75, 3.05) is 12.4 Å². The minimum absolute atomic E-state index is 0.559. The lowest BCUT2D eigenvalue weighted by atomic mass is 10.2. The van der Waals surface area contributed by atoms with Gasteiger partial charge in [0.1, 0.15) is 11.6 Å². The summed E-state index contributed by atoms with van der Waals surface area (Å²) in [4.78, 5) is 4.39. The zero-order valence-electron chi connectivity index (χ0n) is 12.4. The van der Waals surface area contributed by atoms with Gasteiger partial charge in [-0.3, -0.25) is 4.40 Å². The van der Waals surface area contributed by atoms with E-state index in [0.29, 0.717) is 12.5 Å². The number of hydrogen-bond donors (Lipinski definition) is 1. The summed E-state index contributed by atoms with van der Waals surface area (Å²) in [5, 5.41) is 11.9. The van der Waals surface area contributed by atoms with Crippen LogP contribution in [-0.4, -0.2) is 26.7 Å². The Labute approximate surface area is 128 Å². The number of fused-ring (bicyclic) bond motifs is 1. The molecule has 1 aliphatic rings. The van der Waals surface area contributed by atoms with Gasteiger partial charge in [-0.25, -0.2) is 4.98 Å². The molecule has 0 aliphatic heterocycles. The monoisotopic (exact) mass is 295 g/mol. The van der Waals surface area contributed by atoms with E-state index in [1.807, 2.05) is 28.8 Å². The van der Waals surface area contributed by atoms with Crippen molar-refractivity contribution in [3.63, 3.8) is 0 Å². The Hall–Kier alpha value is -2.63. The van der Waals surface area contributed by atoms with E-state index in [-0.39, 0.29) is 0 Å². The van der Waals surface area contributed by atoms with Crippen LogP contribution >= 0.6 is 0 Å². The number of nitrogens with one attached hydrogen (secondary N) is 1. The van der Waals surface area contributed by atoms with Gasteiger partial charge < -0.3 is 10.1 Å². The van der Waals surface area contributed by atoms with Gasteiger partial charge in [-0.1, -0.05) is 12.1 Å². The van der Waals surface area contributed by atoms with Crippen molar-refractivity contribution in [3.05, 3.63) is 48.0 Å². The Morgan fingerprint density at radius 2 is 2.23 bits per heavy atom. The summed E-state index contributed by atoms with van der Waals surface area (Å²) in [6.07, 6.45) is 6.13. The standard InChI is InChI=1S/C16H17N5O/c1-22-13-4-2-3-11(9-13)10-18-14-16-20-19-15(12-5-6-12)21(16)8-7-17-14/h2-4,7-9,12H,5-6,10H2,1H3,(H,17,18). The predicted octanol–water partition coefficient (Wildman–Crippen LogP) is 2.62. The van der Waals surface area contributed by atoms with Crippen LogP contribution in [0.4, 0.5) is 5.82 Å². The third kappa shape index (κ3) is 2.36. The van der Waals surface area contributed by atoms with Crippen LogP contribution in [0.1, 0.15) is 30.1 Å². The van der Waals surface area contributed by atoms with Gasteiger partial charge >= 0.3 is 0 Å². The molecule has 1 fully saturated rings. The number of ether oxygens (including phenoxy) is 1. The van der Waals surface area contributed by atoms with Crippen LogP contribution in [0.2, 0.25) is 0 Å². The van der Waals surface area contributed by atoms with Crippen molar-refractivity contribution in [1.29, 1.82) is 0 Å². The minimum atomic E-state index is 0.559. The van der Waals surface area contributed by atoms with Gasteiger partial charge in [0.15, 0.2) is 5.82 Å². The van der Waals surface area contributed by atoms with Crippen molar-refractivity contribution in [3.8, 4) is 5.75 Å². The molecule has 3 aromatic rings. The number of nitrogens with zero attached hydrogens (tertiary/aromatic N) is 4. The van der Waals surface area contributed by atoms with Crippen molar-refractivity contribution in [2.24, 2.45) is 0 Å². The zero-order chi connectivity index (χ0) is 14.9. The molecule has 0 atom stereocenters. The molecule has 6 nitrogen and oxygen atoms in total. The molecule has 0 bridgehead atoms. The Morgan fingerprint density at radius 1 is 1.32 bits per heavy atom. The van der Waals surface area contributed by atoms with Gasteiger partial charge in [0.2, 0.25) is 5.65 Å². The highest BCUT2D eigenvalue weighted by Crippen LogP contribution is 2.39. The van der Waals surface area contributed by atoms with Crippen molar-refractivity contribution in [2.45, 2.75) is 25.3 Å². The highest BCUT2D eigenvalue weighted by atomic mass is 16.5. The molecule has 112 valence electrons. The molecule has 0 amide bonds. The van der Waals surface area contributed by atoms with Crippen LogP contribution in [0.15, 0.2) is 36.7 Å². The molecule has 0 radical (unpaired) electrons. The van der Waals surface area contributed by atoms with Gasteiger partial charge in [-0.2, -0.15) is 0 Å². The summed E-state index contributed by atoms with van der Waals surface area (Å²) in [7, 11) is 1.67. The van der Waals surface area contributed by atoms with E-state index < -0.39 is 0 Å². The van der Waals surface area contributed by atoms with E-state index in [0.717, 1.165) is 28.6 Å². The summed E-state index contributed by atoms with van der Waals surface area (Å²) >= 11 is 0. The Balaban J connectivity index is 1.58. The van der Waals surface area contributed by atoms with E-state index >= 15 is 0 Å². The van der Waals surface area contributed by atoms with Crippen LogP contribution < -0.4 is 10.1 Å². The van der Waals surface area contributed by atoms with Crippen LogP contribution in [0.3, 0.4) is 0 Å². The largest absolute Gasteiger partial charge is 0.497 e. The second-order valence-corrected chi connectivity index (χ2v) is 5.51. The highest BCUT2D eigenvalue weighted by Gasteiger charge is 2.29. The maximum atomic E-state index is 5.24. The second kappa shape index (κ2) is 5.29. The summed E-state index contributed by atoms with van der Waals surface area (Å²) in [5.74, 6) is 3.21. The topological polar surface area (TPSA) is 64.3 Å². The molecule has 0 spiro atoms. The molecule has 2 heterocycles. The van der Waals surface area contributed by atoms with E-state index in [1.165, 1.54) is 12.8 Å². The Kier molecular flexibility index (Phi) is 3.14. The quantitative estimate of drug-likeness (QED) is 0.784. The fraction of sp³-hybridized carbons (Fsp3) is 0.312. The average molecular weight is 295 g/mol. The van der Waals surface area contributed by atoms with E-state index in [1.54, 1.807) is 13.3 Å². The fourth-order valence-corrected chi connectivity index (χ4v) is 2.56. The lowest BCUT2D eigenvalue weighted by Crippen LogP contribution is -2.04. The van der Waals surface area contributed by atoms with Crippen LogP contribution in [-0.2, 0) is 6.54 Å². The molecule has 4 rings (SSSR count). The molecule has 0 saturated heterocycles. The van der Waals surface area contributed by atoms with Crippen LogP contribution in [0, 0.1) is 0 Å².